The summed E-state index contributed by atoms with van der Waals surface area (Å²) in [6, 6.07) is 13.0. The van der Waals surface area contributed by atoms with Crippen LogP contribution in [0.4, 0.5) is 5.69 Å². The van der Waals surface area contributed by atoms with Gasteiger partial charge in [0.05, 0.1) is 35.7 Å². The van der Waals surface area contributed by atoms with Gasteiger partial charge in [-0.1, -0.05) is 24.3 Å². The molecule has 0 unspecified atom stereocenters. The topological polar surface area (TPSA) is 93.9 Å². The Morgan fingerprint density at radius 3 is 2.59 bits per heavy atom. The number of methoxy groups -OCH3 is 1. The van der Waals surface area contributed by atoms with Crippen molar-refractivity contribution in [2.45, 2.75) is 6.42 Å². The Kier molecular flexibility index (Phi) is 4.56. The van der Waals surface area contributed by atoms with Crippen molar-refractivity contribution in [2.75, 3.05) is 12.0 Å². The van der Waals surface area contributed by atoms with Crippen molar-refractivity contribution in [1.29, 1.82) is 0 Å². The lowest BCUT2D eigenvalue weighted by Gasteiger charge is -2.16. The summed E-state index contributed by atoms with van der Waals surface area (Å²) in [5.74, 6) is -1.75. The van der Waals surface area contributed by atoms with Gasteiger partial charge in [-0.15, -0.1) is 0 Å². The predicted molar refractivity (Wildman–Crippen MR) is 105 cm³/mol. The summed E-state index contributed by atoms with van der Waals surface area (Å²) in [7, 11) is 1.22. The van der Waals surface area contributed by atoms with Crippen molar-refractivity contribution < 1.29 is 23.5 Å². The number of carbonyl (C=O) groups excluding carboxylic acids is 3. The number of benzene rings is 2. The van der Waals surface area contributed by atoms with Crippen LogP contribution in [0.5, 0.6) is 0 Å². The van der Waals surface area contributed by atoms with Gasteiger partial charge in [-0.05, 0) is 30.3 Å². The van der Waals surface area contributed by atoms with E-state index in [2.05, 4.69) is 0 Å². The highest BCUT2D eigenvalue weighted by Crippen LogP contribution is 2.30. The van der Waals surface area contributed by atoms with Crippen LogP contribution in [0, 0.1) is 0 Å². The molecule has 4 rings (SSSR count). The van der Waals surface area contributed by atoms with Crippen LogP contribution in [-0.4, -0.2) is 24.9 Å². The first-order valence-corrected chi connectivity index (χ1v) is 8.77. The third-order valence-corrected chi connectivity index (χ3v) is 4.66. The number of hydrogen-bond donors (Lipinski definition) is 0. The fraction of sp³-hybridized carbons (Fsp3) is 0.0909. The number of nitrogens with zero attached hydrogens (tertiary/aromatic N) is 1. The smallest absolute Gasteiger partial charge is 0.339 e. The van der Waals surface area contributed by atoms with Gasteiger partial charge in [-0.3, -0.25) is 14.4 Å². The largest absolute Gasteiger partial charge is 0.465 e. The van der Waals surface area contributed by atoms with Crippen molar-refractivity contribution in [3.63, 3.8) is 0 Å². The summed E-state index contributed by atoms with van der Waals surface area (Å²) in [5.41, 5.74) is 0.682. The normalized spacial score (nSPS) is 15.3. The van der Waals surface area contributed by atoms with Crippen molar-refractivity contribution in [1.82, 2.24) is 0 Å². The molecule has 7 nitrogen and oxygen atoms in total. The fourth-order valence-electron chi connectivity index (χ4n) is 3.26. The lowest BCUT2D eigenvalue weighted by atomic mass is 10.1. The lowest BCUT2D eigenvalue weighted by Crippen LogP contribution is -2.30. The maximum atomic E-state index is 12.9. The van der Waals surface area contributed by atoms with E-state index in [0.29, 0.717) is 11.0 Å². The number of para-hydroxylation sites is 2. The van der Waals surface area contributed by atoms with Crippen LogP contribution in [0.3, 0.4) is 0 Å². The molecule has 1 saturated heterocycles. The summed E-state index contributed by atoms with van der Waals surface area (Å²) < 4.78 is 10.2. The first-order chi connectivity index (χ1) is 14.0. The summed E-state index contributed by atoms with van der Waals surface area (Å²) in [4.78, 5) is 51.1. The van der Waals surface area contributed by atoms with Crippen molar-refractivity contribution >= 4 is 40.5 Å². The average Bonchev–Trinajstić information content (AvgIpc) is 3.02. The van der Waals surface area contributed by atoms with E-state index < -0.39 is 17.8 Å². The second-order valence-corrected chi connectivity index (χ2v) is 6.41. The fourth-order valence-corrected chi connectivity index (χ4v) is 3.26. The van der Waals surface area contributed by atoms with Gasteiger partial charge < -0.3 is 9.15 Å². The number of amides is 2. The maximum Gasteiger partial charge on any atom is 0.339 e. The molecule has 29 heavy (non-hydrogen) atoms. The minimum Gasteiger partial charge on any atom is -0.465 e. The quantitative estimate of drug-likeness (QED) is 0.388. The SMILES string of the molecule is COC(=O)c1ccccc1N1C(=O)CC(=Cc2coc3ccccc3c2=O)C1=O. The molecule has 1 fully saturated rings. The summed E-state index contributed by atoms with van der Waals surface area (Å²) in [6.07, 6.45) is 2.43. The van der Waals surface area contributed by atoms with Gasteiger partial charge in [-0.25, -0.2) is 9.69 Å². The molecule has 0 saturated carbocycles. The third-order valence-electron chi connectivity index (χ3n) is 4.66. The molecule has 0 aliphatic carbocycles. The van der Waals surface area contributed by atoms with Gasteiger partial charge in [0.15, 0.2) is 5.43 Å². The number of anilines is 1. The van der Waals surface area contributed by atoms with Crippen LogP contribution in [0.1, 0.15) is 22.3 Å². The number of fused-ring (bicyclic) bond motifs is 1. The van der Waals surface area contributed by atoms with Crippen LogP contribution < -0.4 is 10.3 Å². The molecular formula is C22H15NO6. The van der Waals surface area contributed by atoms with Gasteiger partial charge in [0.1, 0.15) is 11.8 Å². The molecule has 2 amide bonds. The van der Waals surface area contributed by atoms with E-state index in [0.717, 1.165) is 4.90 Å². The average molecular weight is 389 g/mol. The van der Waals surface area contributed by atoms with E-state index in [1.165, 1.54) is 31.6 Å². The highest BCUT2D eigenvalue weighted by atomic mass is 16.5. The van der Waals surface area contributed by atoms with Gasteiger partial charge in [-0.2, -0.15) is 0 Å². The zero-order valence-electron chi connectivity index (χ0n) is 15.4. The van der Waals surface area contributed by atoms with Crippen LogP contribution in [0.25, 0.3) is 17.0 Å². The molecule has 0 radical (unpaired) electrons. The highest BCUT2D eigenvalue weighted by molar-refractivity contribution is 6.30. The molecular weight excluding hydrogens is 374 g/mol. The number of rotatable bonds is 3. The van der Waals surface area contributed by atoms with Gasteiger partial charge in [0, 0.05) is 5.57 Å². The summed E-state index contributed by atoms with van der Waals surface area (Å²) in [6.45, 7) is 0. The number of esters is 1. The molecule has 2 aromatic carbocycles. The molecule has 1 aliphatic rings. The van der Waals surface area contributed by atoms with E-state index in [9.17, 15) is 19.2 Å². The van der Waals surface area contributed by atoms with Crippen LogP contribution in [-0.2, 0) is 14.3 Å². The number of carbonyl (C=O) groups is 3. The number of imide groups is 1. The zero-order valence-corrected chi connectivity index (χ0v) is 15.4. The molecule has 0 atom stereocenters. The first-order valence-electron chi connectivity index (χ1n) is 8.77. The lowest BCUT2D eigenvalue weighted by molar-refractivity contribution is -0.120. The molecule has 1 aliphatic heterocycles. The van der Waals surface area contributed by atoms with Gasteiger partial charge in [0.25, 0.3) is 5.91 Å². The van der Waals surface area contributed by atoms with Crippen LogP contribution in [0.2, 0.25) is 0 Å². The minimum absolute atomic E-state index is 0.100. The van der Waals surface area contributed by atoms with E-state index in [-0.39, 0.29) is 34.2 Å². The monoisotopic (exact) mass is 389 g/mol. The second-order valence-electron chi connectivity index (χ2n) is 6.41. The van der Waals surface area contributed by atoms with Crippen LogP contribution in [0.15, 0.2) is 69.6 Å². The van der Waals surface area contributed by atoms with Crippen molar-refractivity contribution in [3.8, 4) is 0 Å². The van der Waals surface area contributed by atoms with E-state index in [1.807, 2.05) is 0 Å². The van der Waals surface area contributed by atoms with E-state index in [1.54, 1.807) is 36.4 Å². The Hall–Kier alpha value is -4.00. The minimum atomic E-state index is -0.659. The van der Waals surface area contributed by atoms with Crippen molar-refractivity contribution in [3.05, 3.63) is 81.7 Å². The molecule has 2 heterocycles. The maximum absolute atomic E-state index is 12.9. The number of hydrogen-bond acceptors (Lipinski definition) is 6. The summed E-state index contributed by atoms with van der Waals surface area (Å²) in [5, 5.41) is 0.381. The number of ether oxygens (including phenoxy) is 1. The standard InChI is InChI=1S/C22H15NO6/c1-28-22(27)15-6-2-4-8-17(15)23-19(24)11-13(21(23)26)10-14-12-29-18-9-5-3-7-16(18)20(14)25/h2-10,12H,11H2,1H3. The van der Waals surface area contributed by atoms with Gasteiger partial charge in [0.2, 0.25) is 5.91 Å². The molecule has 7 heteroatoms. The molecule has 1 aromatic heterocycles. The third kappa shape index (κ3) is 3.12. The van der Waals surface area contributed by atoms with Crippen molar-refractivity contribution in [2.24, 2.45) is 0 Å². The molecule has 0 N–H and O–H groups in total. The van der Waals surface area contributed by atoms with Gasteiger partial charge >= 0.3 is 5.97 Å². The predicted octanol–water partition coefficient (Wildman–Crippen LogP) is 2.93. The Labute approximate surface area is 164 Å². The Balaban J connectivity index is 1.76. The molecule has 0 spiro atoms. The van der Waals surface area contributed by atoms with Crippen LogP contribution >= 0.6 is 0 Å². The molecule has 3 aromatic rings. The van der Waals surface area contributed by atoms with E-state index in [4.69, 9.17) is 9.15 Å². The molecule has 144 valence electrons. The highest BCUT2D eigenvalue weighted by Gasteiger charge is 2.37. The Morgan fingerprint density at radius 1 is 1.07 bits per heavy atom. The Bertz CT molecular complexity index is 1250. The second kappa shape index (κ2) is 7.20. The molecule has 0 bridgehead atoms. The zero-order chi connectivity index (χ0) is 20.5. The van der Waals surface area contributed by atoms with E-state index >= 15 is 0 Å². The Morgan fingerprint density at radius 2 is 1.79 bits per heavy atom. The summed E-state index contributed by atoms with van der Waals surface area (Å²) >= 11 is 0. The first kappa shape index (κ1) is 18.4.